The molecule has 0 amide bonds. The lowest BCUT2D eigenvalue weighted by atomic mass is 9.87. The van der Waals surface area contributed by atoms with Crippen molar-refractivity contribution in [3.05, 3.63) is 65.5 Å². The molecule has 4 heteroatoms. The molecule has 0 spiro atoms. The Balaban J connectivity index is 1.48. The van der Waals surface area contributed by atoms with Crippen molar-refractivity contribution in [3.8, 4) is 5.75 Å². The molecule has 1 aliphatic rings. The maximum absolute atomic E-state index is 12.9. The van der Waals surface area contributed by atoms with Gasteiger partial charge in [0, 0.05) is 6.54 Å². The third-order valence-electron chi connectivity index (χ3n) is 5.14. The summed E-state index contributed by atoms with van der Waals surface area (Å²) < 4.78 is 18.2. The first kappa shape index (κ1) is 17.9. The van der Waals surface area contributed by atoms with Gasteiger partial charge in [-0.2, -0.15) is 0 Å². The van der Waals surface area contributed by atoms with Gasteiger partial charge in [0.1, 0.15) is 11.6 Å². The number of methoxy groups -OCH3 is 1. The lowest BCUT2D eigenvalue weighted by Gasteiger charge is -2.34. The van der Waals surface area contributed by atoms with Gasteiger partial charge in [-0.05, 0) is 73.7 Å². The van der Waals surface area contributed by atoms with Crippen molar-refractivity contribution in [2.75, 3.05) is 26.7 Å². The molecule has 3 rings (SSSR count). The number of likely N-dealkylation sites (tertiary alicyclic amines) is 1. The highest BCUT2D eigenvalue weighted by atomic mass is 19.1. The molecule has 1 N–H and O–H groups in total. The number of rotatable bonds is 6. The highest BCUT2D eigenvalue weighted by Gasteiger charge is 2.26. The second-order valence-electron chi connectivity index (χ2n) is 6.78. The quantitative estimate of drug-likeness (QED) is 0.865. The van der Waals surface area contributed by atoms with Gasteiger partial charge in [0.05, 0.1) is 13.2 Å². The van der Waals surface area contributed by atoms with Gasteiger partial charge >= 0.3 is 0 Å². The van der Waals surface area contributed by atoms with Gasteiger partial charge in [-0.15, -0.1) is 0 Å². The van der Waals surface area contributed by atoms with Crippen molar-refractivity contribution in [1.29, 1.82) is 0 Å². The normalized spacial score (nSPS) is 17.4. The summed E-state index contributed by atoms with van der Waals surface area (Å²) in [7, 11) is 1.64. The molecule has 0 bridgehead atoms. The molecule has 134 valence electrons. The summed E-state index contributed by atoms with van der Waals surface area (Å²) in [6.07, 6.45) is 2.47. The molecular formula is C21H26FNO2. The highest BCUT2D eigenvalue weighted by Crippen LogP contribution is 2.32. The number of nitrogens with zero attached hydrogens (tertiary/aromatic N) is 1. The van der Waals surface area contributed by atoms with Crippen LogP contribution in [-0.4, -0.2) is 36.8 Å². The molecule has 3 nitrogen and oxygen atoms in total. The van der Waals surface area contributed by atoms with Crippen LogP contribution < -0.4 is 4.74 Å². The van der Waals surface area contributed by atoms with Crippen LogP contribution in [0, 0.1) is 11.7 Å². The van der Waals surface area contributed by atoms with Crippen molar-refractivity contribution >= 4 is 0 Å². The fourth-order valence-electron chi connectivity index (χ4n) is 3.53. The standard InChI is InChI=1S/C21H26FNO2/c1-25-20-4-2-3-18(15-20)21(24)17-10-13-23(14-11-17)12-9-16-5-7-19(22)8-6-16/h2-8,15,17,21,24H,9-14H2,1H3. The zero-order valence-electron chi connectivity index (χ0n) is 14.7. The summed E-state index contributed by atoms with van der Waals surface area (Å²) in [5, 5.41) is 10.7. The molecule has 25 heavy (non-hydrogen) atoms. The van der Waals surface area contributed by atoms with Crippen LogP contribution >= 0.6 is 0 Å². The zero-order chi connectivity index (χ0) is 17.6. The maximum atomic E-state index is 12.9. The van der Waals surface area contributed by atoms with Gasteiger partial charge in [0.25, 0.3) is 0 Å². The molecule has 0 aliphatic carbocycles. The van der Waals surface area contributed by atoms with Gasteiger partial charge in [-0.1, -0.05) is 24.3 Å². The number of aliphatic hydroxyl groups is 1. The molecule has 1 aliphatic heterocycles. The molecule has 0 saturated carbocycles. The molecule has 0 radical (unpaired) electrons. The molecule has 2 aromatic rings. The summed E-state index contributed by atoms with van der Waals surface area (Å²) in [6, 6.07) is 14.5. The third kappa shape index (κ3) is 4.80. The van der Waals surface area contributed by atoms with Crippen LogP contribution in [-0.2, 0) is 6.42 Å². The van der Waals surface area contributed by atoms with Crippen LogP contribution in [0.15, 0.2) is 48.5 Å². The topological polar surface area (TPSA) is 32.7 Å². The number of ether oxygens (including phenoxy) is 1. The first-order valence-corrected chi connectivity index (χ1v) is 8.94. The summed E-state index contributed by atoms with van der Waals surface area (Å²) in [5.41, 5.74) is 2.10. The lowest BCUT2D eigenvalue weighted by Crippen LogP contribution is -2.36. The van der Waals surface area contributed by atoms with Crippen LogP contribution in [0.1, 0.15) is 30.1 Å². The van der Waals surface area contributed by atoms with Gasteiger partial charge in [0.2, 0.25) is 0 Å². The van der Waals surface area contributed by atoms with E-state index in [4.69, 9.17) is 4.74 Å². The van der Waals surface area contributed by atoms with E-state index in [2.05, 4.69) is 4.90 Å². The Morgan fingerprint density at radius 1 is 1.16 bits per heavy atom. The van der Waals surface area contributed by atoms with Gasteiger partial charge in [-0.3, -0.25) is 0 Å². The fraction of sp³-hybridized carbons (Fsp3) is 0.429. The lowest BCUT2D eigenvalue weighted by molar-refractivity contribution is 0.0591. The number of hydrogen-bond acceptors (Lipinski definition) is 3. The zero-order valence-corrected chi connectivity index (χ0v) is 14.7. The average Bonchev–Trinajstić information content (AvgIpc) is 2.67. The molecule has 1 fully saturated rings. The van der Waals surface area contributed by atoms with E-state index in [1.165, 1.54) is 17.7 Å². The molecular weight excluding hydrogens is 317 g/mol. The summed E-state index contributed by atoms with van der Waals surface area (Å²) in [4.78, 5) is 2.43. The van der Waals surface area contributed by atoms with Crippen molar-refractivity contribution in [2.24, 2.45) is 5.92 Å². The second-order valence-corrected chi connectivity index (χ2v) is 6.78. The first-order chi connectivity index (χ1) is 12.2. The number of aliphatic hydroxyl groups excluding tert-OH is 1. The Morgan fingerprint density at radius 3 is 2.56 bits per heavy atom. The minimum Gasteiger partial charge on any atom is -0.497 e. The Hall–Kier alpha value is -1.91. The fourth-order valence-corrected chi connectivity index (χ4v) is 3.53. The van der Waals surface area contributed by atoms with E-state index >= 15 is 0 Å². The molecule has 1 atom stereocenters. The summed E-state index contributed by atoms with van der Waals surface area (Å²) in [5.74, 6) is 0.888. The Bertz CT molecular complexity index is 666. The van der Waals surface area contributed by atoms with Crippen LogP contribution in [0.25, 0.3) is 0 Å². The predicted molar refractivity (Wildman–Crippen MR) is 97.2 cm³/mol. The van der Waals surface area contributed by atoms with E-state index in [0.29, 0.717) is 0 Å². The number of piperidine rings is 1. The Morgan fingerprint density at radius 2 is 1.88 bits per heavy atom. The molecule has 1 heterocycles. The first-order valence-electron chi connectivity index (χ1n) is 8.94. The smallest absolute Gasteiger partial charge is 0.123 e. The van der Waals surface area contributed by atoms with Crippen LogP contribution in [0.3, 0.4) is 0 Å². The van der Waals surface area contributed by atoms with Gasteiger partial charge in [0.15, 0.2) is 0 Å². The monoisotopic (exact) mass is 343 g/mol. The Kier molecular flexibility index (Phi) is 6.05. The Labute approximate surface area is 149 Å². The van der Waals surface area contributed by atoms with Crippen LogP contribution in [0.4, 0.5) is 4.39 Å². The van der Waals surface area contributed by atoms with Gasteiger partial charge < -0.3 is 14.7 Å². The minimum absolute atomic E-state index is 0.184. The largest absolute Gasteiger partial charge is 0.497 e. The van der Waals surface area contributed by atoms with Crippen molar-refractivity contribution in [2.45, 2.75) is 25.4 Å². The number of halogens is 1. The molecule has 1 unspecified atom stereocenters. The van der Waals surface area contributed by atoms with E-state index in [9.17, 15) is 9.50 Å². The van der Waals surface area contributed by atoms with Crippen molar-refractivity contribution < 1.29 is 14.2 Å². The van der Waals surface area contributed by atoms with E-state index in [-0.39, 0.29) is 11.7 Å². The number of benzene rings is 2. The van der Waals surface area contributed by atoms with E-state index < -0.39 is 6.10 Å². The van der Waals surface area contributed by atoms with Crippen LogP contribution in [0.2, 0.25) is 0 Å². The SMILES string of the molecule is COc1cccc(C(O)C2CCN(CCc3ccc(F)cc3)CC2)c1. The summed E-state index contributed by atoms with van der Waals surface area (Å²) >= 11 is 0. The summed E-state index contributed by atoms with van der Waals surface area (Å²) in [6.45, 7) is 2.97. The average molecular weight is 343 g/mol. The molecule has 2 aromatic carbocycles. The third-order valence-corrected chi connectivity index (χ3v) is 5.14. The molecule has 1 saturated heterocycles. The minimum atomic E-state index is -0.436. The predicted octanol–water partition coefficient (Wildman–Crippen LogP) is 3.82. The van der Waals surface area contributed by atoms with E-state index in [0.717, 1.165) is 50.2 Å². The van der Waals surface area contributed by atoms with Crippen LogP contribution in [0.5, 0.6) is 5.75 Å². The van der Waals surface area contributed by atoms with E-state index in [1.807, 2.05) is 36.4 Å². The van der Waals surface area contributed by atoms with Gasteiger partial charge in [-0.25, -0.2) is 4.39 Å². The molecule has 0 aromatic heterocycles. The second kappa shape index (κ2) is 8.45. The maximum Gasteiger partial charge on any atom is 0.123 e. The highest BCUT2D eigenvalue weighted by molar-refractivity contribution is 5.30. The van der Waals surface area contributed by atoms with Crippen molar-refractivity contribution in [3.63, 3.8) is 0 Å². The van der Waals surface area contributed by atoms with Crippen molar-refractivity contribution in [1.82, 2.24) is 4.90 Å². The van der Waals surface area contributed by atoms with E-state index in [1.54, 1.807) is 7.11 Å². The number of hydrogen-bond donors (Lipinski definition) is 1.